The first kappa shape index (κ1) is 16.3. The summed E-state index contributed by atoms with van der Waals surface area (Å²) in [6.45, 7) is 8.30. The molecule has 0 unspecified atom stereocenters. The van der Waals surface area contributed by atoms with Crippen LogP contribution < -0.4 is 10.6 Å². The quantitative estimate of drug-likeness (QED) is 0.932. The van der Waals surface area contributed by atoms with E-state index in [1.165, 1.54) is 16.8 Å². The van der Waals surface area contributed by atoms with Crippen molar-refractivity contribution in [1.29, 1.82) is 0 Å². The highest BCUT2D eigenvalue weighted by atomic mass is 16.2. The van der Waals surface area contributed by atoms with Gasteiger partial charge < -0.3 is 15.5 Å². The number of carbonyl (C=O) groups excluding carboxylic acids is 1. The van der Waals surface area contributed by atoms with Crippen LogP contribution in [0.1, 0.15) is 36.8 Å². The number of amides is 1. The molecule has 0 radical (unpaired) electrons. The fourth-order valence-corrected chi connectivity index (χ4v) is 4.12. The lowest BCUT2D eigenvalue weighted by molar-refractivity contribution is -0.141. The Morgan fingerprint density at radius 3 is 2.39 bits per heavy atom. The summed E-state index contributed by atoms with van der Waals surface area (Å²) in [5.41, 5.74) is 9.70. The van der Waals surface area contributed by atoms with Crippen molar-refractivity contribution in [2.45, 2.75) is 39.5 Å². The molecule has 126 valence electrons. The highest BCUT2D eigenvalue weighted by molar-refractivity contribution is 5.83. The molecule has 3 rings (SSSR count). The molecule has 23 heavy (non-hydrogen) atoms. The van der Waals surface area contributed by atoms with Crippen molar-refractivity contribution >= 4 is 11.6 Å². The summed E-state index contributed by atoms with van der Waals surface area (Å²) in [6, 6.07) is 6.47. The minimum absolute atomic E-state index is 0.262. The van der Waals surface area contributed by atoms with Crippen LogP contribution in [0.25, 0.3) is 0 Å². The van der Waals surface area contributed by atoms with Crippen LogP contribution >= 0.6 is 0 Å². The number of nitrogens with zero attached hydrogens (tertiary/aromatic N) is 2. The lowest BCUT2D eigenvalue weighted by atomic mass is 9.84. The van der Waals surface area contributed by atoms with Crippen molar-refractivity contribution in [1.82, 2.24) is 4.90 Å². The number of aryl methyl sites for hydroxylation is 1. The summed E-state index contributed by atoms with van der Waals surface area (Å²) >= 11 is 0. The van der Waals surface area contributed by atoms with Gasteiger partial charge >= 0.3 is 0 Å². The van der Waals surface area contributed by atoms with Gasteiger partial charge in [0.1, 0.15) is 0 Å². The molecule has 2 aliphatic rings. The van der Waals surface area contributed by atoms with Crippen molar-refractivity contribution in [2.24, 2.45) is 11.1 Å². The van der Waals surface area contributed by atoms with Gasteiger partial charge in [-0.2, -0.15) is 0 Å². The monoisotopic (exact) mass is 315 g/mol. The summed E-state index contributed by atoms with van der Waals surface area (Å²) in [7, 11) is 0. The minimum atomic E-state index is -0.262. The van der Waals surface area contributed by atoms with E-state index in [0.717, 1.165) is 51.9 Å². The van der Waals surface area contributed by atoms with E-state index in [9.17, 15) is 4.79 Å². The molecular formula is C19H29N3O. The Kier molecular flexibility index (Phi) is 4.62. The zero-order chi connectivity index (χ0) is 16.4. The van der Waals surface area contributed by atoms with E-state index in [4.69, 9.17) is 5.73 Å². The lowest BCUT2D eigenvalue weighted by Gasteiger charge is -2.40. The second-order valence-electron chi connectivity index (χ2n) is 7.19. The molecule has 1 amide bonds. The summed E-state index contributed by atoms with van der Waals surface area (Å²) in [6.07, 6.45) is 4.23. The predicted octanol–water partition coefficient (Wildman–Crippen LogP) is 2.47. The van der Waals surface area contributed by atoms with Crippen molar-refractivity contribution < 1.29 is 4.79 Å². The van der Waals surface area contributed by atoms with E-state index in [-0.39, 0.29) is 5.41 Å². The van der Waals surface area contributed by atoms with Crippen LogP contribution in [-0.4, -0.2) is 43.5 Å². The maximum absolute atomic E-state index is 12.9. The molecule has 4 heteroatoms. The Balaban J connectivity index is 1.66. The Morgan fingerprint density at radius 2 is 1.78 bits per heavy atom. The van der Waals surface area contributed by atoms with Gasteiger partial charge in [-0.15, -0.1) is 0 Å². The summed E-state index contributed by atoms with van der Waals surface area (Å²) in [5, 5.41) is 0. The lowest BCUT2D eigenvalue weighted by Crippen LogP contribution is -2.54. The third-order valence-electron chi connectivity index (χ3n) is 5.89. The van der Waals surface area contributed by atoms with Crippen LogP contribution in [0.5, 0.6) is 0 Å². The van der Waals surface area contributed by atoms with Crippen molar-refractivity contribution in [3.63, 3.8) is 0 Å². The zero-order valence-electron chi connectivity index (χ0n) is 14.5. The molecule has 1 heterocycles. The number of anilines is 1. The first-order valence-electron chi connectivity index (χ1n) is 8.88. The van der Waals surface area contributed by atoms with Crippen LogP contribution in [0.3, 0.4) is 0 Å². The highest BCUT2D eigenvalue weighted by Crippen LogP contribution is 2.39. The smallest absolute Gasteiger partial charge is 0.230 e. The third-order valence-corrected chi connectivity index (χ3v) is 5.89. The van der Waals surface area contributed by atoms with Gasteiger partial charge in [0.2, 0.25) is 5.91 Å². The van der Waals surface area contributed by atoms with E-state index in [2.05, 4.69) is 41.8 Å². The molecule has 2 N–H and O–H groups in total. The molecule has 4 nitrogen and oxygen atoms in total. The van der Waals surface area contributed by atoms with E-state index in [1.54, 1.807) is 0 Å². The molecule has 2 fully saturated rings. The van der Waals surface area contributed by atoms with Crippen molar-refractivity contribution in [3.8, 4) is 0 Å². The van der Waals surface area contributed by atoms with Gasteiger partial charge in [-0.25, -0.2) is 0 Å². The number of carbonyl (C=O) groups is 1. The first-order valence-corrected chi connectivity index (χ1v) is 8.88. The molecule has 1 saturated carbocycles. The minimum Gasteiger partial charge on any atom is -0.368 e. The Hall–Kier alpha value is -1.55. The summed E-state index contributed by atoms with van der Waals surface area (Å²) in [5.74, 6) is 0.304. The number of rotatable bonds is 3. The molecule has 1 saturated heterocycles. The number of piperazine rings is 1. The maximum Gasteiger partial charge on any atom is 0.230 e. The fraction of sp³-hybridized carbons (Fsp3) is 0.632. The summed E-state index contributed by atoms with van der Waals surface area (Å²) < 4.78 is 0. The molecule has 1 aromatic carbocycles. The first-order chi connectivity index (χ1) is 11.1. The Bertz CT molecular complexity index is 570. The normalized spacial score (nSPS) is 20.8. The zero-order valence-corrected chi connectivity index (χ0v) is 14.5. The third kappa shape index (κ3) is 2.97. The van der Waals surface area contributed by atoms with Crippen LogP contribution in [0.15, 0.2) is 18.2 Å². The molecule has 0 spiro atoms. The van der Waals surface area contributed by atoms with Gasteiger partial charge in [0.05, 0.1) is 5.41 Å². The van der Waals surface area contributed by atoms with Crippen LogP contribution in [-0.2, 0) is 4.79 Å². The second kappa shape index (κ2) is 6.52. The standard InChI is InChI=1S/C19H29N3O/c1-15-6-5-7-17(16(15)2)21-10-12-22(13-11-21)18(23)19(14-20)8-3-4-9-19/h5-7H,3-4,8-14,20H2,1-2H3. The van der Waals surface area contributed by atoms with E-state index in [1.807, 2.05) is 0 Å². The highest BCUT2D eigenvalue weighted by Gasteiger charge is 2.42. The SMILES string of the molecule is Cc1cccc(N2CCN(C(=O)C3(CN)CCCC3)CC2)c1C. The van der Waals surface area contributed by atoms with Gasteiger partial charge in [0.25, 0.3) is 0 Å². The van der Waals surface area contributed by atoms with E-state index >= 15 is 0 Å². The van der Waals surface area contributed by atoms with Crippen LogP contribution in [0.4, 0.5) is 5.69 Å². The van der Waals surface area contributed by atoms with E-state index < -0.39 is 0 Å². The van der Waals surface area contributed by atoms with Gasteiger partial charge in [-0.3, -0.25) is 4.79 Å². The molecule has 1 aromatic rings. The van der Waals surface area contributed by atoms with Crippen LogP contribution in [0.2, 0.25) is 0 Å². The topological polar surface area (TPSA) is 49.6 Å². The Morgan fingerprint density at radius 1 is 1.13 bits per heavy atom. The molecule has 1 aliphatic carbocycles. The fourth-order valence-electron chi connectivity index (χ4n) is 4.12. The van der Waals surface area contributed by atoms with Crippen LogP contribution in [0, 0.1) is 19.3 Å². The Labute approximate surface area is 139 Å². The van der Waals surface area contributed by atoms with Gasteiger partial charge in [0, 0.05) is 38.4 Å². The van der Waals surface area contributed by atoms with E-state index in [0.29, 0.717) is 12.5 Å². The molecule has 0 bridgehead atoms. The predicted molar refractivity (Wildman–Crippen MR) is 94.7 cm³/mol. The van der Waals surface area contributed by atoms with Gasteiger partial charge in [0.15, 0.2) is 0 Å². The van der Waals surface area contributed by atoms with Crippen molar-refractivity contribution in [2.75, 3.05) is 37.6 Å². The molecule has 0 aromatic heterocycles. The largest absolute Gasteiger partial charge is 0.368 e. The molecule has 1 aliphatic heterocycles. The number of benzene rings is 1. The second-order valence-corrected chi connectivity index (χ2v) is 7.19. The summed E-state index contributed by atoms with van der Waals surface area (Å²) in [4.78, 5) is 17.4. The average Bonchev–Trinajstić information content (AvgIpc) is 3.07. The maximum atomic E-state index is 12.9. The number of nitrogens with two attached hydrogens (primary N) is 1. The molecular weight excluding hydrogens is 286 g/mol. The number of hydrogen-bond acceptors (Lipinski definition) is 3. The van der Waals surface area contributed by atoms with Crippen molar-refractivity contribution in [3.05, 3.63) is 29.3 Å². The average molecular weight is 315 g/mol. The van der Waals surface area contributed by atoms with Gasteiger partial charge in [-0.1, -0.05) is 25.0 Å². The van der Waals surface area contributed by atoms with Gasteiger partial charge in [-0.05, 0) is 43.9 Å². The number of hydrogen-bond donors (Lipinski definition) is 1. The molecule has 0 atom stereocenters.